The van der Waals surface area contributed by atoms with E-state index in [9.17, 15) is 13.2 Å². The highest BCUT2D eigenvalue weighted by Crippen LogP contribution is 2.33. The third-order valence-electron chi connectivity index (χ3n) is 5.13. The molecule has 3 aromatic rings. The van der Waals surface area contributed by atoms with Gasteiger partial charge in [-0.15, -0.1) is 0 Å². The molecular formula is C23H24F3N5O3. The molecule has 0 amide bonds. The lowest BCUT2D eigenvalue weighted by Gasteiger charge is -2.35. The molecule has 4 rings (SSSR count). The molecule has 8 nitrogen and oxygen atoms in total. The van der Waals surface area contributed by atoms with Crippen molar-refractivity contribution in [2.24, 2.45) is 0 Å². The average molecular weight is 475 g/mol. The Morgan fingerprint density at radius 3 is 2.56 bits per heavy atom. The van der Waals surface area contributed by atoms with Gasteiger partial charge in [-0.1, -0.05) is 0 Å². The number of nitrogens with one attached hydrogen (secondary N) is 1. The van der Waals surface area contributed by atoms with Gasteiger partial charge in [-0.25, -0.2) is 14.4 Å². The Morgan fingerprint density at radius 2 is 1.88 bits per heavy atom. The van der Waals surface area contributed by atoms with Crippen LogP contribution in [0.2, 0.25) is 0 Å². The van der Waals surface area contributed by atoms with E-state index >= 15 is 0 Å². The number of ether oxygens (including phenoxy) is 3. The number of hydrogen-bond acceptors (Lipinski definition) is 8. The highest BCUT2D eigenvalue weighted by Gasteiger charge is 2.24. The second-order valence-corrected chi connectivity index (χ2v) is 7.83. The number of benzene rings is 1. The number of alkyl halides is 2. The number of rotatable bonds is 7. The molecule has 0 bridgehead atoms. The molecule has 2 atom stereocenters. The molecule has 1 N–H and O–H groups in total. The fourth-order valence-corrected chi connectivity index (χ4v) is 3.81. The van der Waals surface area contributed by atoms with Gasteiger partial charge in [-0.3, -0.25) is 0 Å². The Morgan fingerprint density at radius 1 is 1.12 bits per heavy atom. The first kappa shape index (κ1) is 23.6. The molecule has 1 saturated heterocycles. The topological polar surface area (TPSA) is 81.6 Å². The first-order valence-electron chi connectivity index (χ1n) is 10.6. The van der Waals surface area contributed by atoms with Gasteiger partial charge in [0.05, 0.1) is 19.3 Å². The van der Waals surface area contributed by atoms with Crippen molar-refractivity contribution in [1.82, 2.24) is 15.0 Å². The van der Waals surface area contributed by atoms with E-state index in [1.807, 2.05) is 18.7 Å². The Balaban J connectivity index is 1.60. The summed E-state index contributed by atoms with van der Waals surface area (Å²) in [4.78, 5) is 15.3. The van der Waals surface area contributed by atoms with E-state index in [-0.39, 0.29) is 29.4 Å². The maximum Gasteiger partial charge on any atom is 0.387 e. The van der Waals surface area contributed by atoms with Crippen LogP contribution < -0.4 is 19.7 Å². The quantitative estimate of drug-likeness (QED) is 0.529. The molecule has 0 unspecified atom stereocenters. The SMILES string of the molecule is COc1ncc(-c2ccc(OC(F)F)cc2F)cc1Nc1ccnc(N2C[C@@H](C)O[C@@H](C)C2)n1. The van der Waals surface area contributed by atoms with Crippen LogP contribution in [0.15, 0.2) is 42.7 Å². The molecule has 1 aliphatic rings. The van der Waals surface area contributed by atoms with Crippen LogP contribution in [0.5, 0.6) is 11.6 Å². The predicted octanol–water partition coefficient (Wildman–Crippen LogP) is 4.64. The molecule has 2 aromatic heterocycles. The first-order chi connectivity index (χ1) is 16.3. The third kappa shape index (κ3) is 5.48. The van der Waals surface area contributed by atoms with E-state index in [1.165, 1.54) is 25.4 Å². The Kier molecular flexibility index (Phi) is 7.01. The summed E-state index contributed by atoms with van der Waals surface area (Å²) >= 11 is 0. The summed E-state index contributed by atoms with van der Waals surface area (Å²) in [5.41, 5.74) is 1.02. The maximum atomic E-state index is 14.6. The van der Waals surface area contributed by atoms with Crippen molar-refractivity contribution < 1.29 is 27.4 Å². The first-order valence-corrected chi connectivity index (χ1v) is 10.6. The minimum atomic E-state index is -3.04. The monoisotopic (exact) mass is 475 g/mol. The minimum Gasteiger partial charge on any atom is -0.480 e. The molecule has 1 aromatic carbocycles. The largest absolute Gasteiger partial charge is 0.480 e. The lowest BCUT2D eigenvalue weighted by atomic mass is 10.1. The van der Waals surface area contributed by atoms with Gasteiger partial charge in [-0.05, 0) is 38.1 Å². The lowest BCUT2D eigenvalue weighted by Crippen LogP contribution is -2.46. The summed E-state index contributed by atoms with van der Waals surface area (Å²) in [7, 11) is 1.46. The molecule has 180 valence electrons. The normalized spacial score (nSPS) is 18.1. The molecule has 11 heteroatoms. The highest BCUT2D eigenvalue weighted by molar-refractivity contribution is 5.73. The zero-order chi connectivity index (χ0) is 24.2. The zero-order valence-corrected chi connectivity index (χ0v) is 18.8. The predicted molar refractivity (Wildman–Crippen MR) is 120 cm³/mol. The average Bonchev–Trinajstić information content (AvgIpc) is 2.78. The molecule has 1 fully saturated rings. The summed E-state index contributed by atoms with van der Waals surface area (Å²) in [6, 6.07) is 6.85. The number of anilines is 3. The number of halogens is 3. The Hall–Kier alpha value is -3.60. The number of aromatic nitrogens is 3. The van der Waals surface area contributed by atoms with Crippen molar-refractivity contribution >= 4 is 17.5 Å². The van der Waals surface area contributed by atoms with Gasteiger partial charge in [0.25, 0.3) is 0 Å². The minimum absolute atomic E-state index is 0.0531. The van der Waals surface area contributed by atoms with Crippen molar-refractivity contribution in [3.8, 4) is 22.8 Å². The Bertz CT molecular complexity index is 1140. The molecule has 0 radical (unpaired) electrons. The van der Waals surface area contributed by atoms with Crippen LogP contribution >= 0.6 is 0 Å². The third-order valence-corrected chi connectivity index (χ3v) is 5.13. The lowest BCUT2D eigenvalue weighted by molar-refractivity contribution is -0.0499. The van der Waals surface area contributed by atoms with Gasteiger partial charge >= 0.3 is 6.61 Å². The van der Waals surface area contributed by atoms with Gasteiger partial charge in [0.2, 0.25) is 11.8 Å². The van der Waals surface area contributed by atoms with Crippen molar-refractivity contribution in [3.63, 3.8) is 0 Å². The van der Waals surface area contributed by atoms with Crippen molar-refractivity contribution in [1.29, 1.82) is 0 Å². The van der Waals surface area contributed by atoms with Crippen LogP contribution in [0.4, 0.5) is 30.6 Å². The maximum absolute atomic E-state index is 14.6. The zero-order valence-electron chi connectivity index (χ0n) is 18.8. The summed E-state index contributed by atoms with van der Waals surface area (Å²) < 4.78 is 54.8. The highest BCUT2D eigenvalue weighted by atomic mass is 19.3. The number of hydrogen-bond donors (Lipinski definition) is 1. The second-order valence-electron chi connectivity index (χ2n) is 7.83. The van der Waals surface area contributed by atoms with Crippen LogP contribution in [0.3, 0.4) is 0 Å². The van der Waals surface area contributed by atoms with Gasteiger partial charge < -0.3 is 24.4 Å². The number of pyridine rings is 1. The van der Waals surface area contributed by atoms with Crippen LogP contribution in [0.1, 0.15) is 13.8 Å². The molecular weight excluding hydrogens is 451 g/mol. The van der Waals surface area contributed by atoms with Gasteiger partial charge in [0.15, 0.2) is 0 Å². The van der Waals surface area contributed by atoms with Crippen molar-refractivity contribution in [2.75, 3.05) is 30.4 Å². The molecule has 0 saturated carbocycles. The van der Waals surface area contributed by atoms with Gasteiger partial charge in [-0.2, -0.15) is 13.8 Å². The van der Waals surface area contributed by atoms with E-state index < -0.39 is 12.4 Å². The summed E-state index contributed by atoms with van der Waals surface area (Å²) in [6.45, 7) is 2.29. The van der Waals surface area contributed by atoms with Gasteiger partial charge in [0, 0.05) is 42.7 Å². The standard InChI is InChI=1S/C23H24F3N5O3/c1-13-11-31(12-14(2)33-13)23-27-7-6-20(30-23)29-19-8-15(10-28-21(19)32-3)17-5-4-16(9-18(17)24)34-22(25)26/h4-10,13-14,22H,11-12H2,1-3H3,(H,27,29,30)/t13-,14+. The van der Waals surface area contributed by atoms with E-state index in [4.69, 9.17) is 9.47 Å². The van der Waals surface area contributed by atoms with Crippen LogP contribution in [0.25, 0.3) is 11.1 Å². The molecule has 3 heterocycles. The Labute approximate surface area is 194 Å². The number of nitrogens with zero attached hydrogens (tertiary/aromatic N) is 4. The van der Waals surface area contributed by atoms with E-state index in [2.05, 4.69) is 25.0 Å². The summed E-state index contributed by atoms with van der Waals surface area (Å²) in [5, 5.41) is 3.15. The molecule has 0 aliphatic carbocycles. The number of methoxy groups -OCH3 is 1. The molecule has 34 heavy (non-hydrogen) atoms. The van der Waals surface area contributed by atoms with Crippen LogP contribution in [0, 0.1) is 5.82 Å². The fraction of sp³-hybridized carbons (Fsp3) is 0.348. The van der Waals surface area contributed by atoms with Crippen LogP contribution in [-0.4, -0.2) is 54.0 Å². The molecule has 0 spiro atoms. The van der Waals surface area contributed by atoms with Crippen molar-refractivity contribution in [3.05, 3.63) is 48.5 Å². The van der Waals surface area contributed by atoms with Crippen LogP contribution in [-0.2, 0) is 4.74 Å². The number of morpholine rings is 1. The second kappa shape index (κ2) is 10.1. The van der Waals surface area contributed by atoms with Crippen molar-refractivity contribution in [2.45, 2.75) is 32.7 Å². The summed E-state index contributed by atoms with van der Waals surface area (Å²) in [6.07, 6.45) is 3.17. The fourth-order valence-electron chi connectivity index (χ4n) is 3.81. The van der Waals surface area contributed by atoms with E-state index in [1.54, 1.807) is 18.3 Å². The van der Waals surface area contributed by atoms with E-state index in [0.29, 0.717) is 36.1 Å². The summed E-state index contributed by atoms with van der Waals surface area (Å²) in [5.74, 6) is 0.328. The molecule has 1 aliphatic heterocycles. The van der Waals surface area contributed by atoms with E-state index in [0.717, 1.165) is 6.07 Å². The smallest absolute Gasteiger partial charge is 0.387 e. The van der Waals surface area contributed by atoms with Gasteiger partial charge in [0.1, 0.15) is 23.1 Å².